The lowest BCUT2D eigenvalue weighted by atomic mass is 10.0. The molecule has 1 heterocycles. The van der Waals surface area contributed by atoms with Crippen LogP contribution in [0.4, 0.5) is 5.00 Å². The van der Waals surface area contributed by atoms with Gasteiger partial charge in [-0.2, -0.15) is 0 Å². The van der Waals surface area contributed by atoms with Gasteiger partial charge in [-0.25, -0.2) is 4.79 Å². The molecule has 0 radical (unpaired) electrons. The minimum Gasteiger partial charge on any atom is -0.493 e. The van der Waals surface area contributed by atoms with Gasteiger partial charge in [0.25, 0.3) is 5.91 Å². The molecular formula is C24H25NO7S. The van der Waals surface area contributed by atoms with Crippen LogP contribution in [0.15, 0.2) is 41.8 Å². The summed E-state index contributed by atoms with van der Waals surface area (Å²) in [7, 11) is 6.04. The van der Waals surface area contributed by atoms with Crippen LogP contribution in [0.2, 0.25) is 0 Å². The van der Waals surface area contributed by atoms with Gasteiger partial charge in [0.05, 0.1) is 40.6 Å². The Balaban J connectivity index is 2.05. The number of carbonyl (C=O) groups excluding carboxylic acids is 2. The standard InChI is InChI=1S/C24H25NO7S/c1-6-32-24(27)20-16(14-10-11-17(28-2)19(12-14)30-4)13-33-23(20)25-22(26)15-8-7-9-18(29-3)21(15)31-5/h7-13H,6H2,1-5H3,(H,25,26). The summed E-state index contributed by atoms with van der Waals surface area (Å²) in [5.41, 5.74) is 1.84. The second kappa shape index (κ2) is 10.7. The summed E-state index contributed by atoms with van der Waals surface area (Å²) in [6, 6.07) is 10.3. The summed E-state index contributed by atoms with van der Waals surface area (Å²) < 4.78 is 26.6. The molecule has 33 heavy (non-hydrogen) atoms. The first-order valence-corrected chi connectivity index (χ1v) is 10.9. The molecule has 0 spiro atoms. The number of benzene rings is 2. The number of anilines is 1. The number of para-hydroxylation sites is 1. The third-order valence-electron chi connectivity index (χ3n) is 4.84. The Hall–Kier alpha value is -3.72. The lowest BCUT2D eigenvalue weighted by Crippen LogP contribution is -2.16. The van der Waals surface area contributed by atoms with Gasteiger partial charge in [-0.05, 0) is 36.8 Å². The molecule has 0 aliphatic rings. The molecule has 2 aromatic carbocycles. The fraction of sp³-hybridized carbons (Fsp3) is 0.250. The lowest BCUT2D eigenvalue weighted by molar-refractivity contribution is 0.0529. The smallest absolute Gasteiger partial charge is 0.341 e. The van der Waals surface area contributed by atoms with E-state index in [1.54, 1.807) is 49.7 Å². The summed E-state index contributed by atoms with van der Waals surface area (Å²) in [5, 5.41) is 4.96. The Bertz CT molecular complexity index is 1160. The zero-order valence-corrected chi connectivity index (χ0v) is 19.8. The molecule has 0 unspecified atom stereocenters. The van der Waals surface area contributed by atoms with E-state index < -0.39 is 11.9 Å². The highest BCUT2D eigenvalue weighted by Gasteiger charge is 2.25. The van der Waals surface area contributed by atoms with Crippen LogP contribution in [0.25, 0.3) is 11.1 Å². The van der Waals surface area contributed by atoms with Gasteiger partial charge in [0.1, 0.15) is 10.6 Å². The fourth-order valence-electron chi connectivity index (χ4n) is 3.31. The van der Waals surface area contributed by atoms with Crippen molar-refractivity contribution in [3.05, 3.63) is 52.9 Å². The Kier molecular flexibility index (Phi) is 7.78. The SMILES string of the molecule is CCOC(=O)c1c(-c2ccc(OC)c(OC)c2)csc1NC(=O)c1cccc(OC)c1OC. The number of amides is 1. The normalized spacial score (nSPS) is 10.3. The van der Waals surface area contributed by atoms with Crippen LogP contribution in [0.5, 0.6) is 23.0 Å². The van der Waals surface area contributed by atoms with Crippen LogP contribution in [-0.2, 0) is 4.74 Å². The lowest BCUT2D eigenvalue weighted by Gasteiger charge is -2.13. The van der Waals surface area contributed by atoms with Crippen molar-refractivity contribution in [2.24, 2.45) is 0 Å². The average Bonchev–Trinajstić information content (AvgIpc) is 3.26. The predicted molar refractivity (Wildman–Crippen MR) is 126 cm³/mol. The molecule has 1 amide bonds. The van der Waals surface area contributed by atoms with Crippen LogP contribution >= 0.6 is 11.3 Å². The van der Waals surface area contributed by atoms with Crippen LogP contribution in [0, 0.1) is 0 Å². The first-order valence-electron chi connectivity index (χ1n) is 10.0. The molecule has 174 valence electrons. The number of thiophene rings is 1. The summed E-state index contributed by atoms with van der Waals surface area (Å²) in [4.78, 5) is 26.0. The molecule has 0 saturated heterocycles. The van der Waals surface area contributed by atoms with E-state index in [9.17, 15) is 9.59 Å². The summed E-state index contributed by atoms with van der Waals surface area (Å²) in [6.07, 6.45) is 0. The molecule has 8 nitrogen and oxygen atoms in total. The number of rotatable bonds is 9. The van der Waals surface area contributed by atoms with Gasteiger partial charge in [-0.1, -0.05) is 12.1 Å². The third-order valence-corrected chi connectivity index (χ3v) is 5.74. The maximum atomic E-state index is 13.1. The minimum atomic E-state index is -0.545. The van der Waals surface area contributed by atoms with Crippen molar-refractivity contribution in [2.45, 2.75) is 6.92 Å². The van der Waals surface area contributed by atoms with Crippen molar-refractivity contribution < 1.29 is 33.3 Å². The number of nitrogens with one attached hydrogen (secondary N) is 1. The zero-order chi connectivity index (χ0) is 24.0. The quantitative estimate of drug-likeness (QED) is 0.445. The van der Waals surface area contributed by atoms with Crippen LogP contribution in [-0.4, -0.2) is 46.9 Å². The highest BCUT2D eigenvalue weighted by atomic mass is 32.1. The van der Waals surface area contributed by atoms with Gasteiger partial charge in [0, 0.05) is 10.9 Å². The molecule has 3 aromatic rings. The number of methoxy groups -OCH3 is 4. The monoisotopic (exact) mass is 471 g/mol. The van der Waals surface area contributed by atoms with Gasteiger partial charge in [-0.3, -0.25) is 4.79 Å². The minimum absolute atomic E-state index is 0.192. The Morgan fingerprint density at radius 1 is 0.909 bits per heavy atom. The Morgan fingerprint density at radius 2 is 1.64 bits per heavy atom. The number of esters is 1. The summed E-state index contributed by atoms with van der Waals surface area (Å²) in [6.45, 7) is 1.91. The van der Waals surface area contributed by atoms with Gasteiger partial charge in [-0.15, -0.1) is 11.3 Å². The fourth-order valence-corrected chi connectivity index (χ4v) is 4.26. The summed E-state index contributed by atoms with van der Waals surface area (Å²) in [5.74, 6) is 0.809. The number of ether oxygens (including phenoxy) is 5. The van der Waals surface area contributed by atoms with Crippen molar-refractivity contribution in [1.82, 2.24) is 0 Å². The second-order valence-corrected chi connectivity index (χ2v) is 7.52. The first kappa shape index (κ1) is 23.9. The van der Waals surface area contributed by atoms with Crippen molar-refractivity contribution in [3.8, 4) is 34.1 Å². The largest absolute Gasteiger partial charge is 0.493 e. The Labute approximate surface area is 196 Å². The van der Waals surface area contributed by atoms with E-state index in [1.165, 1.54) is 32.7 Å². The van der Waals surface area contributed by atoms with E-state index in [0.717, 1.165) is 0 Å². The number of hydrogen-bond donors (Lipinski definition) is 1. The van der Waals surface area contributed by atoms with E-state index in [0.29, 0.717) is 39.1 Å². The molecule has 0 aliphatic carbocycles. The molecule has 0 bridgehead atoms. The van der Waals surface area contributed by atoms with E-state index >= 15 is 0 Å². The maximum Gasteiger partial charge on any atom is 0.341 e. The van der Waals surface area contributed by atoms with E-state index in [-0.39, 0.29) is 17.7 Å². The van der Waals surface area contributed by atoms with E-state index in [4.69, 9.17) is 23.7 Å². The zero-order valence-electron chi connectivity index (χ0n) is 19.0. The van der Waals surface area contributed by atoms with Crippen LogP contribution in [0.1, 0.15) is 27.6 Å². The topological polar surface area (TPSA) is 92.3 Å². The molecular weight excluding hydrogens is 446 g/mol. The summed E-state index contributed by atoms with van der Waals surface area (Å²) >= 11 is 1.22. The van der Waals surface area contributed by atoms with E-state index in [2.05, 4.69) is 5.32 Å². The van der Waals surface area contributed by atoms with Gasteiger partial charge in [0.2, 0.25) is 0 Å². The number of hydrogen-bond acceptors (Lipinski definition) is 8. The average molecular weight is 472 g/mol. The molecule has 1 aromatic heterocycles. The third kappa shape index (κ3) is 4.88. The predicted octanol–water partition coefficient (Wildman–Crippen LogP) is 4.88. The molecule has 0 atom stereocenters. The van der Waals surface area contributed by atoms with Crippen LogP contribution in [0.3, 0.4) is 0 Å². The first-order chi connectivity index (χ1) is 16.0. The Morgan fingerprint density at radius 3 is 2.27 bits per heavy atom. The van der Waals surface area contributed by atoms with E-state index in [1.807, 2.05) is 6.07 Å². The highest BCUT2D eigenvalue weighted by Crippen LogP contribution is 2.40. The van der Waals surface area contributed by atoms with Crippen molar-refractivity contribution >= 4 is 28.2 Å². The molecule has 1 N–H and O–H groups in total. The van der Waals surface area contributed by atoms with Crippen molar-refractivity contribution in [3.63, 3.8) is 0 Å². The number of carbonyl (C=O) groups is 2. The highest BCUT2D eigenvalue weighted by molar-refractivity contribution is 7.15. The maximum absolute atomic E-state index is 13.1. The molecule has 9 heteroatoms. The molecule has 0 fully saturated rings. The van der Waals surface area contributed by atoms with Crippen LogP contribution < -0.4 is 24.3 Å². The van der Waals surface area contributed by atoms with Gasteiger partial charge < -0.3 is 29.0 Å². The second-order valence-electron chi connectivity index (χ2n) is 6.64. The molecule has 0 aliphatic heterocycles. The van der Waals surface area contributed by atoms with Crippen molar-refractivity contribution in [1.29, 1.82) is 0 Å². The molecule has 3 rings (SSSR count). The van der Waals surface area contributed by atoms with Gasteiger partial charge >= 0.3 is 5.97 Å². The molecule has 0 saturated carbocycles. The van der Waals surface area contributed by atoms with Crippen molar-refractivity contribution in [2.75, 3.05) is 40.4 Å². The van der Waals surface area contributed by atoms with Gasteiger partial charge in [0.15, 0.2) is 23.0 Å².